The highest BCUT2D eigenvalue weighted by Crippen LogP contribution is 2.44. The van der Waals surface area contributed by atoms with Gasteiger partial charge in [0.15, 0.2) is 5.82 Å². The van der Waals surface area contributed by atoms with E-state index in [-0.39, 0.29) is 46.9 Å². The summed E-state index contributed by atoms with van der Waals surface area (Å²) in [6.07, 6.45) is 3.32. The largest absolute Gasteiger partial charge is 0.462 e. The van der Waals surface area contributed by atoms with Crippen LogP contribution in [0.3, 0.4) is 0 Å². The number of anilines is 2. The van der Waals surface area contributed by atoms with Gasteiger partial charge in [-0.1, -0.05) is 19.1 Å². The zero-order chi connectivity index (χ0) is 31.5. The fourth-order valence-electron chi connectivity index (χ4n) is 7.24. The number of nitrogen functional groups attached to an aromatic ring is 1. The van der Waals surface area contributed by atoms with E-state index in [4.69, 9.17) is 15.5 Å². The molecular weight excluding hydrogens is 594 g/mol. The van der Waals surface area contributed by atoms with E-state index in [9.17, 15) is 14.9 Å². The maximum Gasteiger partial charge on any atom is 0.319 e. The van der Waals surface area contributed by atoms with Crippen molar-refractivity contribution >= 4 is 43.1 Å². The first kappa shape index (κ1) is 29.4. The van der Waals surface area contributed by atoms with Crippen LogP contribution in [-0.4, -0.2) is 66.8 Å². The Morgan fingerprint density at radius 3 is 2.71 bits per heavy atom. The molecule has 0 spiro atoms. The second-order valence-electron chi connectivity index (χ2n) is 12.6. The fraction of sp³-hybridized carbons (Fsp3) is 0.394. The number of hydrogen-bond donors (Lipinski definition) is 2. The number of benzene rings is 2. The van der Waals surface area contributed by atoms with E-state index in [0.29, 0.717) is 65.1 Å². The summed E-state index contributed by atoms with van der Waals surface area (Å²) >= 11 is 1.24. The molecule has 0 amide bonds. The van der Waals surface area contributed by atoms with Crippen molar-refractivity contribution in [2.75, 3.05) is 50.5 Å². The third-order valence-electron chi connectivity index (χ3n) is 9.46. The standard InChI is InChI=1S/C33H32F2N8OS/c1-33(16-42(2)9-8-19(33)11-34)17-44-32-40-29-23(31(41-32)43-14-20-6-7-21(15-43)39-20)10-18(12-36)26(28(29)35)22-4-3-5-25-27(22)24(13-37)30(38)45-25/h3-5,10-11,20-21,39H,6-9,14-17,38H2,1-2H3/b19-11+/t20-,21+,33-/m0/s1. The second-order valence-corrected chi connectivity index (χ2v) is 13.7. The zero-order valence-corrected chi connectivity index (χ0v) is 25.8. The summed E-state index contributed by atoms with van der Waals surface area (Å²) in [6.45, 7) is 4.73. The number of likely N-dealkylation sites (tertiary alicyclic amines) is 1. The summed E-state index contributed by atoms with van der Waals surface area (Å²) in [7, 11) is 1.99. The van der Waals surface area contributed by atoms with Gasteiger partial charge in [0, 0.05) is 64.7 Å². The molecule has 3 atom stereocenters. The molecule has 12 heteroatoms. The van der Waals surface area contributed by atoms with Crippen LogP contribution in [0.1, 0.15) is 37.3 Å². The first-order chi connectivity index (χ1) is 21.7. The molecule has 2 aromatic carbocycles. The average molecular weight is 627 g/mol. The summed E-state index contributed by atoms with van der Waals surface area (Å²) in [5, 5.41) is 25.1. The molecule has 230 valence electrons. The van der Waals surface area contributed by atoms with E-state index >= 15 is 4.39 Å². The predicted octanol–water partition coefficient (Wildman–Crippen LogP) is 5.49. The fourth-order valence-corrected chi connectivity index (χ4v) is 8.19. The number of fused-ring (bicyclic) bond motifs is 4. The average Bonchev–Trinajstić information content (AvgIpc) is 3.55. The highest BCUT2D eigenvalue weighted by Gasteiger charge is 2.37. The first-order valence-electron chi connectivity index (χ1n) is 15.0. The number of piperidine rings is 1. The molecule has 3 aliphatic rings. The Hall–Kier alpha value is -4.36. The monoisotopic (exact) mass is 626 g/mol. The third-order valence-corrected chi connectivity index (χ3v) is 10.4. The molecule has 0 radical (unpaired) electrons. The molecule has 2 bridgehead atoms. The van der Waals surface area contributed by atoms with Crippen molar-refractivity contribution < 1.29 is 13.5 Å². The van der Waals surface area contributed by atoms with Crippen molar-refractivity contribution in [1.82, 2.24) is 20.2 Å². The molecule has 3 N–H and O–H groups in total. The molecule has 3 fully saturated rings. The summed E-state index contributed by atoms with van der Waals surface area (Å²) in [5.41, 5.74) is 7.00. The van der Waals surface area contributed by atoms with E-state index in [0.717, 1.165) is 24.1 Å². The predicted molar refractivity (Wildman–Crippen MR) is 171 cm³/mol. The van der Waals surface area contributed by atoms with Gasteiger partial charge >= 0.3 is 6.01 Å². The molecule has 7 rings (SSSR count). The Kier molecular flexibility index (Phi) is 7.32. The number of nitrogens with one attached hydrogen (secondary N) is 1. The summed E-state index contributed by atoms with van der Waals surface area (Å²) < 4.78 is 37.9. The number of aromatic nitrogens is 2. The number of nitrogens with zero attached hydrogens (tertiary/aromatic N) is 6. The lowest BCUT2D eigenvalue weighted by Gasteiger charge is -2.40. The maximum absolute atomic E-state index is 17.0. The van der Waals surface area contributed by atoms with Gasteiger partial charge < -0.3 is 25.6 Å². The number of halogens is 2. The second kappa shape index (κ2) is 11.2. The number of hydrogen-bond acceptors (Lipinski definition) is 10. The molecule has 5 heterocycles. The lowest BCUT2D eigenvalue weighted by Crippen LogP contribution is -2.51. The van der Waals surface area contributed by atoms with Gasteiger partial charge in [0.2, 0.25) is 0 Å². The Morgan fingerprint density at radius 1 is 1.22 bits per heavy atom. The minimum atomic E-state index is -0.704. The molecule has 4 aromatic rings. The minimum Gasteiger partial charge on any atom is -0.462 e. The smallest absolute Gasteiger partial charge is 0.319 e. The van der Waals surface area contributed by atoms with Gasteiger partial charge in [-0.3, -0.25) is 0 Å². The summed E-state index contributed by atoms with van der Waals surface area (Å²) in [6, 6.07) is 11.8. The molecule has 3 saturated heterocycles. The molecule has 3 aliphatic heterocycles. The molecule has 0 saturated carbocycles. The number of ether oxygens (including phenoxy) is 1. The molecule has 45 heavy (non-hydrogen) atoms. The number of nitriles is 2. The van der Waals surface area contributed by atoms with Crippen LogP contribution in [0.15, 0.2) is 36.2 Å². The highest BCUT2D eigenvalue weighted by molar-refractivity contribution is 7.23. The van der Waals surface area contributed by atoms with Crippen molar-refractivity contribution in [3.63, 3.8) is 0 Å². The van der Waals surface area contributed by atoms with Gasteiger partial charge in [-0.25, -0.2) is 8.78 Å². The third kappa shape index (κ3) is 4.94. The van der Waals surface area contributed by atoms with Gasteiger partial charge in [-0.15, -0.1) is 11.3 Å². The highest BCUT2D eigenvalue weighted by atomic mass is 32.1. The number of rotatable bonds is 5. The van der Waals surface area contributed by atoms with Crippen LogP contribution in [0.4, 0.5) is 19.6 Å². The number of nitrogens with two attached hydrogens (primary N) is 1. The Bertz CT molecular complexity index is 1950. The van der Waals surface area contributed by atoms with Crippen molar-refractivity contribution in [3.05, 3.63) is 53.1 Å². The van der Waals surface area contributed by atoms with Crippen molar-refractivity contribution in [2.45, 2.75) is 38.3 Å². The normalized spacial score (nSPS) is 24.3. The number of piperazine rings is 1. The lowest BCUT2D eigenvalue weighted by molar-refractivity contribution is 0.109. The molecule has 9 nitrogen and oxygen atoms in total. The van der Waals surface area contributed by atoms with Crippen LogP contribution >= 0.6 is 11.3 Å². The van der Waals surface area contributed by atoms with Gasteiger partial charge in [0.05, 0.1) is 23.5 Å². The van der Waals surface area contributed by atoms with Gasteiger partial charge in [-0.2, -0.15) is 20.5 Å². The SMILES string of the molecule is CN1CC/C(=C\F)[C@](C)(COc2nc(N3C[C@H]4CC[C@@H](C3)N4)c3cc(C#N)c(-c4cccc5sc(N)c(C#N)c45)c(F)c3n2)C1. The summed E-state index contributed by atoms with van der Waals surface area (Å²) in [5.74, 6) is -0.206. The van der Waals surface area contributed by atoms with E-state index in [2.05, 4.69) is 32.2 Å². The van der Waals surface area contributed by atoms with Crippen molar-refractivity contribution in [1.29, 1.82) is 10.5 Å². The van der Waals surface area contributed by atoms with Crippen molar-refractivity contribution in [3.8, 4) is 29.3 Å². The van der Waals surface area contributed by atoms with Crippen LogP contribution in [0.2, 0.25) is 0 Å². The van der Waals surface area contributed by atoms with Gasteiger partial charge in [0.1, 0.15) is 29.0 Å². The Balaban J connectivity index is 1.41. The van der Waals surface area contributed by atoms with Crippen LogP contribution in [0.5, 0.6) is 6.01 Å². The maximum atomic E-state index is 17.0. The van der Waals surface area contributed by atoms with E-state index in [1.807, 2.05) is 20.0 Å². The molecule has 0 unspecified atom stereocenters. The zero-order valence-electron chi connectivity index (χ0n) is 25.0. The topological polar surface area (TPSA) is 127 Å². The van der Waals surface area contributed by atoms with Crippen molar-refractivity contribution in [2.24, 2.45) is 5.41 Å². The van der Waals surface area contributed by atoms with Crippen LogP contribution in [0.25, 0.3) is 32.1 Å². The molecular formula is C33H32F2N8OS. The lowest BCUT2D eigenvalue weighted by atomic mass is 9.78. The quantitative estimate of drug-likeness (QED) is 0.296. The summed E-state index contributed by atoms with van der Waals surface area (Å²) in [4.78, 5) is 13.6. The van der Waals surface area contributed by atoms with E-state index in [1.54, 1.807) is 18.2 Å². The van der Waals surface area contributed by atoms with Crippen LogP contribution < -0.4 is 20.7 Å². The van der Waals surface area contributed by atoms with E-state index in [1.165, 1.54) is 11.3 Å². The minimum absolute atomic E-state index is 0.0127. The number of thiophene rings is 1. The molecule has 2 aromatic heterocycles. The van der Waals surface area contributed by atoms with Gasteiger partial charge in [-0.05, 0) is 49.6 Å². The van der Waals surface area contributed by atoms with Crippen LogP contribution in [-0.2, 0) is 0 Å². The van der Waals surface area contributed by atoms with Crippen LogP contribution in [0, 0.1) is 33.9 Å². The first-order valence-corrected chi connectivity index (χ1v) is 15.8. The molecule has 0 aliphatic carbocycles. The Morgan fingerprint density at radius 2 is 2.00 bits per heavy atom. The Labute approximate surface area is 263 Å². The van der Waals surface area contributed by atoms with E-state index < -0.39 is 11.2 Å². The van der Waals surface area contributed by atoms with Gasteiger partial charge in [0.25, 0.3) is 0 Å².